The predicted molar refractivity (Wildman–Crippen MR) is 109 cm³/mol. The van der Waals surface area contributed by atoms with Gasteiger partial charge in [0.15, 0.2) is 0 Å². The molecule has 0 unspecified atom stereocenters. The summed E-state index contributed by atoms with van der Waals surface area (Å²) in [6.45, 7) is 4.28. The van der Waals surface area contributed by atoms with Crippen molar-refractivity contribution in [1.29, 1.82) is 0 Å². The van der Waals surface area contributed by atoms with Gasteiger partial charge >= 0.3 is 12.1 Å². The molecular formula is C22H25FN2O5. The minimum absolute atomic E-state index is 0.0844. The largest absolute Gasteiger partial charge is 0.465 e. The summed E-state index contributed by atoms with van der Waals surface area (Å²) in [4.78, 5) is 34.8. The first-order chi connectivity index (χ1) is 14.2. The van der Waals surface area contributed by atoms with E-state index in [1.54, 1.807) is 4.90 Å². The molecule has 2 aromatic carbocycles. The van der Waals surface area contributed by atoms with E-state index in [0.29, 0.717) is 18.7 Å². The smallest absolute Gasteiger partial charge is 0.404 e. The zero-order valence-corrected chi connectivity index (χ0v) is 17.2. The Morgan fingerprint density at radius 1 is 1.20 bits per heavy atom. The van der Waals surface area contributed by atoms with Crippen LogP contribution < -0.4 is 10.6 Å². The lowest BCUT2D eigenvalue weighted by Crippen LogP contribution is -2.38. The summed E-state index contributed by atoms with van der Waals surface area (Å²) in [5, 5.41) is 0. The molecule has 0 saturated carbocycles. The molecule has 0 fully saturated rings. The van der Waals surface area contributed by atoms with Crippen molar-refractivity contribution in [3.05, 3.63) is 65.0 Å². The average molecular weight is 416 g/mol. The number of carbonyl (C=O) groups excluding carboxylic acids is 3. The first-order valence-corrected chi connectivity index (χ1v) is 9.37. The second-order valence-corrected chi connectivity index (χ2v) is 6.98. The molecule has 160 valence electrons. The molecule has 0 bridgehead atoms. The van der Waals surface area contributed by atoms with Crippen LogP contribution in [0, 0.1) is 11.7 Å². The summed E-state index contributed by atoms with van der Waals surface area (Å²) in [7, 11) is 1.21. The minimum atomic E-state index is -0.742. The Morgan fingerprint density at radius 3 is 2.43 bits per heavy atom. The fourth-order valence-electron chi connectivity index (χ4n) is 3.17. The number of ether oxygens (including phenoxy) is 2. The van der Waals surface area contributed by atoms with Crippen molar-refractivity contribution in [1.82, 2.24) is 0 Å². The number of esters is 1. The van der Waals surface area contributed by atoms with Crippen LogP contribution in [0.3, 0.4) is 0 Å². The lowest BCUT2D eigenvalue weighted by Gasteiger charge is -2.32. The topological polar surface area (TPSA) is 98.9 Å². The zero-order chi connectivity index (χ0) is 22.3. The Labute approximate surface area is 174 Å². The first kappa shape index (κ1) is 22.9. The molecule has 2 amide bonds. The highest BCUT2D eigenvalue weighted by Crippen LogP contribution is 2.32. The van der Waals surface area contributed by atoms with Crippen LogP contribution in [-0.4, -0.2) is 31.6 Å². The molecule has 2 N–H and O–H groups in total. The lowest BCUT2D eigenvalue weighted by atomic mass is 9.92. The van der Waals surface area contributed by atoms with Gasteiger partial charge in [0.25, 0.3) is 0 Å². The summed E-state index contributed by atoms with van der Waals surface area (Å²) in [6.07, 6.45) is -0.0301. The third kappa shape index (κ3) is 6.04. The van der Waals surface area contributed by atoms with Gasteiger partial charge in [-0.1, -0.05) is 37.3 Å². The number of rotatable bonds is 3. The predicted octanol–water partition coefficient (Wildman–Crippen LogP) is 3.44. The van der Waals surface area contributed by atoms with Crippen molar-refractivity contribution < 1.29 is 28.2 Å². The summed E-state index contributed by atoms with van der Waals surface area (Å²) in [6, 6.07) is 12.1. The number of anilines is 1. The van der Waals surface area contributed by atoms with E-state index in [9.17, 15) is 18.8 Å². The van der Waals surface area contributed by atoms with Crippen molar-refractivity contribution in [2.24, 2.45) is 11.7 Å². The standard InChI is InChI=1S/C14H16FNO3.C8H9NO2/c1-8-4-10-5-11(14(18)19-3)12(15)6-13(10)16(7-8)9(2)17;9-8(10)11-6-7-4-2-1-3-5-7/h5-6,8H,4,7H2,1-3H3;1-5H,6H2,(H2,9,10)/t8-;/m1./s1. The fourth-order valence-corrected chi connectivity index (χ4v) is 3.17. The summed E-state index contributed by atoms with van der Waals surface area (Å²) >= 11 is 0. The highest BCUT2D eigenvalue weighted by Gasteiger charge is 2.27. The normalized spacial score (nSPS) is 14.7. The van der Waals surface area contributed by atoms with E-state index >= 15 is 0 Å². The van der Waals surface area contributed by atoms with Crippen molar-refractivity contribution >= 4 is 23.7 Å². The Morgan fingerprint density at radius 2 is 1.87 bits per heavy atom. The van der Waals surface area contributed by atoms with Crippen LogP contribution in [0.5, 0.6) is 0 Å². The molecule has 0 spiro atoms. The Balaban J connectivity index is 0.000000248. The van der Waals surface area contributed by atoms with Gasteiger partial charge < -0.3 is 20.1 Å². The van der Waals surface area contributed by atoms with E-state index < -0.39 is 17.9 Å². The first-order valence-electron chi connectivity index (χ1n) is 9.37. The lowest BCUT2D eigenvalue weighted by molar-refractivity contribution is -0.116. The molecule has 0 radical (unpaired) electrons. The molecule has 1 heterocycles. The van der Waals surface area contributed by atoms with E-state index in [1.807, 2.05) is 37.3 Å². The van der Waals surface area contributed by atoms with Gasteiger partial charge in [0.2, 0.25) is 5.91 Å². The van der Waals surface area contributed by atoms with Gasteiger partial charge in [0.05, 0.1) is 12.7 Å². The molecule has 0 aromatic heterocycles. The number of nitrogens with zero attached hydrogens (tertiary/aromatic N) is 1. The average Bonchev–Trinajstić information content (AvgIpc) is 2.72. The molecule has 0 aliphatic carbocycles. The second kappa shape index (κ2) is 10.4. The number of nitrogens with two attached hydrogens (primary N) is 1. The van der Waals surface area contributed by atoms with Crippen LogP contribution in [0.1, 0.15) is 35.3 Å². The van der Waals surface area contributed by atoms with Gasteiger partial charge in [-0.05, 0) is 35.6 Å². The van der Waals surface area contributed by atoms with E-state index in [-0.39, 0.29) is 24.0 Å². The molecule has 7 nitrogen and oxygen atoms in total. The monoisotopic (exact) mass is 416 g/mol. The number of halogens is 1. The number of carbonyl (C=O) groups is 3. The van der Waals surface area contributed by atoms with Crippen LogP contribution in [0.2, 0.25) is 0 Å². The van der Waals surface area contributed by atoms with Crippen molar-refractivity contribution in [3.63, 3.8) is 0 Å². The van der Waals surface area contributed by atoms with Crippen LogP contribution in [0.4, 0.5) is 14.9 Å². The number of hydrogen-bond acceptors (Lipinski definition) is 5. The summed E-state index contributed by atoms with van der Waals surface area (Å²) in [5.41, 5.74) is 6.98. The Bertz CT molecular complexity index is 917. The maximum absolute atomic E-state index is 13.9. The van der Waals surface area contributed by atoms with Gasteiger partial charge in [-0.15, -0.1) is 0 Å². The molecule has 0 saturated heterocycles. The fraction of sp³-hybridized carbons (Fsp3) is 0.318. The molecule has 2 aromatic rings. The molecule has 1 aliphatic heterocycles. The van der Waals surface area contributed by atoms with Crippen LogP contribution >= 0.6 is 0 Å². The Hall–Kier alpha value is -3.42. The molecular weight excluding hydrogens is 391 g/mol. The van der Waals surface area contributed by atoms with Crippen molar-refractivity contribution in [3.8, 4) is 0 Å². The third-order valence-electron chi connectivity index (χ3n) is 4.53. The van der Waals surface area contributed by atoms with Crippen molar-refractivity contribution in [2.75, 3.05) is 18.6 Å². The number of methoxy groups -OCH3 is 1. The number of amides is 2. The van der Waals surface area contributed by atoms with Gasteiger partial charge in [-0.2, -0.15) is 0 Å². The quantitative estimate of drug-likeness (QED) is 0.773. The zero-order valence-electron chi connectivity index (χ0n) is 17.2. The maximum Gasteiger partial charge on any atom is 0.404 e. The van der Waals surface area contributed by atoms with Crippen LogP contribution in [0.15, 0.2) is 42.5 Å². The Kier molecular flexibility index (Phi) is 7.91. The summed E-state index contributed by atoms with van der Waals surface area (Å²) in [5.74, 6) is -1.22. The van der Waals surface area contributed by atoms with E-state index in [4.69, 9.17) is 5.73 Å². The molecule has 8 heteroatoms. The van der Waals surface area contributed by atoms with Gasteiger partial charge in [-0.25, -0.2) is 14.0 Å². The second-order valence-electron chi connectivity index (χ2n) is 6.98. The number of hydrogen-bond donors (Lipinski definition) is 1. The van der Waals surface area contributed by atoms with E-state index in [1.165, 1.54) is 26.2 Å². The molecule has 3 rings (SSSR count). The minimum Gasteiger partial charge on any atom is -0.465 e. The SMILES string of the molecule is COC(=O)c1cc2c(cc1F)N(C(C)=O)C[C@H](C)C2.NC(=O)OCc1ccccc1. The summed E-state index contributed by atoms with van der Waals surface area (Å²) < 4.78 is 23.0. The molecule has 1 aliphatic rings. The number of fused-ring (bicyclic) bond motifs is 1. The molecule has 30 heavy (non-hydrogen) atoms. The van der Waals surface area contributed by atoms with Crippen LogP contribution in [0.25, 0.3) is 0 Å². The number of primary amides is 1. The highest BCUT2D eigenvalue weighted by atomic mass is 19.1. The van der Waals surface area contributed by atoms with Crippen molar-refractivity contribution in [2.45, 2.75) is 26.9 Å². The maximum atomic E-state index is 13.9. The van der Waals surface area contributed by atoms with E-state index in [2.05, 4.69) is 9.47 Å². The van der Waals surface area contributed by atoms with Crippen LogP contribution in [-0.2, 0) is 27.3 Å². The number of benzene rings is 2. The van der Waals surface area contributed by atoms with Gasteiger partial charge in [0.1, 0.15) is 12.4 Å². The third-order valence-corrected chi connectivity index (χ3v) is 4.53. The van der Waals surface area contributed by atoms with E-state index in [0.717, 1.165) is 11.1 Å². The molecule has 1 atom stereocenters. The van der Waals surface area contributed by atoms with Gasteiger partial charge in [0, 0.05) is 19.2 Å². The highest BCUT2D eigenvalue weighted by molar-refractivity contribution is 5.95. The van der Waals surface area contributed by atoms with Gasteiger partial charge in [-0.3, -0.25) is 4.79 Å².